The van der Waals surface area contributed by atoms with Gasteiger partial charge in [0.1, 0.15) is 5.69 Å². The molecule has 1 fully saturated rings. The minimum absolute atomic E-state index is 0.151. The number of halogens is 1. The van der Waals surface area contributed by atoms with Crippen molar-refractivity contribution in [1.82, 2.24) is 15.1 Å². The van der Waals surface area contributed by atoms with Crippen molar-refractivity contribution in [1.29, 1.82) is 0 Å². The van der Waals surface area contributed by atoms with Gasteiger partial charge in [0.2, 0.25) is 0 Å². The van der Waals surface area contributed by atoms with Crippen LogP contribution in [-0.2, 0) is 4.79 Å². The molecule has 0 radical (unpaired) electrons. The van der Waals surface area contributed by atoms with E-state index in [1.54, 1.807) is 23.1 Å². The molecule has 1 aromatic heterocycles. The van der Waals surface area contributed by atoms with Gasteiger partial charge in [0.25, 0.3) is 5.91 Å². The van der Waals surface area contributed by atoms with Gasteiger partial charge in [0.15, 0.2) is 0 Å². The fourth-order valence-electron chi connectivity index (χ4n) is 2.70. The predicted molar refractivity (Wildman–Crippen MR) is 85.3 cm³/mol. The van der Waals surface area contributed by atoms with Crippen molar-refractivity contribution >= 4 is 23.5 Å². The molecule has 0 atom stereocenters. The van der Waals surface area contributed by atoms with Crippen molar-refractivity contribution in [3.05, 3.63) is 41.0 Å². The SMILES string of the molecule is O=C(O)C1CCN(C(=O)c2cc(-c3ccc(Cl)cc3)n[nH]2)CC1. The summed E-state index contributed by atoms with van der Waals surface area (Å²) >= 11 is 5.86. The minimum atomic E-state index is -0.788. The van der Waals surface area contributed by atoms with E-state index >= 15 is 0 Å². The first kappa shape index (κ1) is 15.6. The Labute approximate surface area is 138 Å². The first-order valence-electron chi connectivity index (χ1n) is 7.38. The number of carbonyl (C=O) groups is 2. The Morgan fingerprint density at radius 2 is 1.87 bits per heavy atom. The number of hydrogen-bond donors (Lipinski definition) is 2. The summed E-state index contributed by atoms with van der Waals surface area (Å²) in [4.78, 5) is 25.1. The van der Waals surface area contributed by atoms with E-state index in [-0.39, 0.29) is 11.8 Å². The summed E-state index contributed by atoms with van der Waals surface area (Å²) in [5, 5.41) is 16.6. The van der Waals surface area contributed by atoms with Crippen molar-refractivity contribution in [2.75, 3.05) is 13.1 Å². The zero-order chi connectivity index (χ0) is 16.4. The summed E-state index contributed by atoms with van der Waals surface area (Å²) < 4.78 is 0. The Morgan fingerprint density at radius 3 is 2.48 bits per heavy atom. The lowest BCUT2D eigenvalue weighted by Crippen LogP contribution is -2.40. The van der Waals surface area contributed by atoms with Gasteiger partial charge in [0.05, 0.1) is 11.6 Å². The Morgan fingerprint density at radius 1 is 1.22 bits per heavy atom. The van der Waals surface area contributed by atoms with Crippen molar-refractivity contribution in [3.8, 4) is 11.3 Å². The van der Waals surface area contributed by atoms with Crippen LogP contribution in [-0.4, -0.2) is 45.2 Å². The summed E-state index contributed by atoms with van der Waals surface area (Å²) in [7, 11) is 0. The van der Waals surface area contributed by atoms with Crippen LogP contribution in [0.3, 0.4) is 0 Å². The number of amides is 1. The first-order chi connectivity index (χ1) is 11.0. The van der Waals surface area contributed by atoms with E-state index in [2.05, 4.69) is 10.2 Å². The molecule has 2 heterocycles. The lowest BCUT2D eigenvalue weighted by atomic mass is 9.97. The number of aromatic amines is 1. The second kappa shape index (κ2) is 6.42. The van der Waals surface area contributed by atoms with Gasteiger partial charge in [-0.2, -0.15) is 5.10 Å². The number of carbonyl (C=O) groups excluding carboxylic acids is 1. The third kappa shape index (κ3) is 3.37. The van der Waals surface area contributed by atoms with Crippen LogP contribution < -0.4 is 0 Å². The number of H-pyrrole nitrogens is 1. The van der Waals surface area contributed by atoms with E-state index in [9.17, 15) is 9.59 Å². The van der Waals surface area contributed by atoms with Gasteiger partial charge < -0.3 is 10.0 Å². The molecule has 0 spiro atoms. The zero-order valence-electron chi connectivity index (χ0n) is 12.3. The maximum Gasteiger partial charge on any atom is 0.306 e. The molecule has 0 unspecified atom stereocenters. The number of carboxylic acid groups (broad SMARTS) is 1. The molecule has 1 amide bonds. The van der Waals surface area contributed by atoms with Crippen LogP contribution in [0.4, 0.5) is 0 Å². The molecule has 1 saturated heterocycles. The van der Waals surface area contributed by atoms with Crippen LogP contribution in [0.1, 0.15) is 23.3 Å². The molecule has 23 heavy (non-hydrogen) atoms. The normalized spacial score (nSPS) is 15.6. The molecular weight excluding hydrogens is 318 g/mol. The molecule has 6 nitrogen and oxygen atoms in total. The van der Waals surface area contributed by atoms with Crippen molar-refractivity contribution in [2.24, 2.45) is 5.92 Å². The number of carboxylic acids is 1. The van der Waals surface area contributed by atoms with Crippen molar-refractivity contribution in [2.45, 2.75) is 12.8 Å². The van der Waals surface area contributed by atoms with E-state index < -0.39 is 5.97 Å². The summed E-state index contributed by atoms with van der Waals surface area (Å²) in [5.41, 5.74) is 1.95. The molecule has 0 saturated carbocycles. The van der Waals surface area contributed by atoms with Gasteiger partial charge in [0, 0.05) is 23.7 Å². The third-order valence-electron chi connectivity index (χ3n) is 4.08. The third-order valence-corrected chi connectivity index (χ3v) is 4.33. The topological polar surface area (TPSA) is 86.3 Å². The molecule has 1 aliphatic rings. The van der Waals surface area contributed by atoms with Crippen LogP contribution in [0.2, 0.25) is 5.02 Å². The number of piperidine rings is 1. The number of aromatic nitrogens is 2. The van der Waals surface area contributed by atoms with Gasteiger partial charge in [-0.25, -0.2) is 0 Å². The van der Waals surface area contributed by atoms with Gasteiger partial charge in [-0.05, 0) is 31.0 Å². The van der Waals surface area contributed by atoms with E-state index in [1.807, 2.05) is 12.1 Å². The Hall–Kier alpha value is -2.34. The summed E-state index contributed by atoms with van der Waals surface area (Å²) in [6.07, 6.45) is 0.971. The van der Waals surface area contributed by atoms with E-state index in [0.29, 0.717) is 42.3 Å². The van der Waals surface area contributed by atoms with E-state index in [4.69, 9.17) is 16.7 Å². The quantitative estimate of drug-likeness (QED) is 0.904. The average molecular weight is 334 g/mol. The molecule has 1 aliphatic heterocycles. The summed E-state index contributed by atoms with van der Waals surface area (Å²) in [6, 6.07) is 8.92. The molecule has 0 aliphatic carbocycles. The monoisotopic (exact) mass is 333 g/mol. The highest BCUT2D eigenvalue weighted by Crippen LogP contribution is 2.22. The molecule has 2 N–H and O–H groups in total. The standard InChI is InChI=1S/C16H16ClN3O3/c17-12-3-1-10(2-4-12)13-9-14(19-18-13)15(21)20-7-5-11(6-8-20)16(22)23/h1-4,9,11H,5-8H2,(H,18,19)(H,22,23). The molecule has 120 valence electrons. The Kier molecular flexibility index (Phi) is 4.34. The number of benzene rings is 1. The molecule has 0 bridgehead atoms. The number of nitrogens with one attached hydrogen (secondary N) is 1. The number of likely N-dealkylation sites (tertiary alicyclic amines) is 1. The maximum atomic E-state index is 12.5. The summed E-state index contributed by atoms with van der Waals surface area (Å²) in [5.74, 6) is -1.30. The fourth-order valence-corrected chi connectivity index (χ4v) is 2.83. The number of rotatable bonds is 3. The second-order valence-corrected chi connectivity index (χ2v) is 6.01. The maximum absolute atomic E-state index is 12.5. The first-order valence-corrected chi connectivity index (χ1v) is 7.76. The van der Waals surface area contributed by atoms with Crippen molar-refractivity contribution in [3.63, 3.8) is 0 Å². The molecule has 3 rings (SSSR count). The summed E-state index contributed by atoms with van der Waals surface area (Å²) in [6.45, 7) is 0.899. The minimum Gasteiger partial charge on any atom is -0.481 e. The van der Waals surface area contributed by atoms with Crippen LogP contribution in [0, 0.1) is 5.92 Å². The van der Waals surface area contributed by atoms with Gasteiger partial charge in [-0.3, -0.25) is 14.7 Å². The predicted octanol–water partition coefficient (Wildman–Crippen LogP) is 2.67. The smallest absolute Gasteiger partial charge is 0.306 e. The van der Waals surface area contributed by atoms with Gasteiger partial charge >= 0.3 is 5.97 Å². The van der Waals surface area contributed by atoms with Gasteiger partial charge in [-0.15, -0.1) is 0 Å². The largest absolute Gasteiger partial charge is 0.481 e. The lowest BCUT2D eigenvalue weighted by molar-refractivity contribution is -0.143. The number of hydrogen-bond acceptors (Lipinski definition) is 3. The molecule has 7 heteroatoms. The highest BCUT2D eigenvalue weighted by Gasteiger charge is 2.28. The van der Waals surface area contributed by atoms with Crippen LogP contribution in [0.15, 0.2) is 30.3 Å². The average Bonchev–Trinajstić information content (AvgIpc) is 3.05. The number of nitrogens with zero attached hydrogens (tertiary/aromatic N) is 2. The molecule has 1 aromatic carbocycles. The van der Waals surface area contributed by atoms with Crippen LogP contribution in [0.25, 0.3) is 11.3 Å². The molecular formula is C16H16ClN3O3. The highest BCUT2D eigenvalue weighted by atomic mass is 35.5. The fraction of sp³-hybridized carbons (Fsp3) is 0.312. The Balaban J connectivity index is 1.69. The zero-order valence-corrected chi connectivity index (χ0v) is 13.1. The van der Waals surface area contributed by atoms with Crippen LogP contribution in [0.5, 0.6) is 0 Å². The number of aliphatic carboxylic acids is 1. The highest BCUT2D eigenvalue weighted by molar-refractivity contribution is 6.30. The van der Waals surface area contributed by atoms with E-state index in [1.165, 1.54) is 0 Å². The van der Waals surface area contributed by atoms with Gasteiger partial charge in [-0.1, -0.05) is 23.7 Å². The Bertz CT molecular complexity index is 718. The second-order valence-electron chi connectivity index (χ2n) is 5.58. The molecule has 2 aromatic rings. The van der Waals surface area contributed by atoms with Crippen LogP contribution >= 0.6 is 11.6 Å². The lowest BCUT2D eigenvalue weighted by Gasteiger charge is -2.29. The van der Waals surface area contributed by atoms with E-state index in [0.717, 1.165) is 5.56 Å². The van der Waals surface area contributed by atoms with Crippen molar-refractivity contribution < 1.29 is 14.7 Å².